The molecule has 1 fully saturated rings. The minimum atomic E-state index is 0.821. The maximum Gasteiger partial charge on any atom is -0.0332 e. The van der Waals surface area contributed by atoms with Crippen LogP contribution in [0.5, 0.6) is 0 Å². The molecule has 1 rings (SSSR count). The zero-order chi connectivity index (χ0) is 13.9. The van der Waals surface area contributed by atoms with Gasteiger partial charge in [0, 0.05) is 0 Å². The van der Waals surface area contributed by atoms with E-state index in [1.807, 2.05) is 0 Å². The van der Waals surface area contributed by atoms with E-state index >= 15 is 0 Å². The Morgan fingerprint density at radius 1 is 0.944 bits per heavy atom. The lowest BCUT2D eigenvalue weighted by Gasteiger charge is -2.44. The van der Waals surface area contributed by atoms with Crippen LogP contribution in [0, 0.1) is 41.4 Å². The van der Waals surface area contributed by atoms with Crippen LogP contribution in [0.1, 0.15) is 74.1 Å². The second kappa shape index (κ2) is 6.96. The molecule has 0 bridgehead atoms. The van der Waals surface area contributed by atoms with Crippen molar-refractivity contribution < 1.29 is 0 Å². The number of hydrogen-bond donors (Lipinski definition) is 0. The van der Waals surface area contributed by atoms with Crippen molar-refractivity contribution in [3.63, 3.8) is 0 Å². The van der Waals surface area contributed by atoms with Crippen LogP contribution in [0.2, 0.25) is 0 Å². The summed E-state index contributed by atoms with van der Waals surface area (Å²) in [5.41, 5.74) is 0. The van der Waals surface area contributed by atoms with Gasteiger partial charge in [0.15, 0.2) is 0 Å². The van der Waals surface area contributed by atoms with Gasteiger partial charge in [0.05, 0.1) is 0 Å². The predicted molar refractivity (Wildman–Crippen MR) is 82.6 cm³/mol. The average Bonchev–Trinajstić information content (AvgIpc) is 2.35. The van der Waals surface area contributed by atoms with Gasteiger partial charge in [0.2, 0.25) is 0 Å². The summed E-state index contributed by atoms with van der Waals surface area (Å²) >= 11 is 0. The van der Waals surface area contributed by atoms with Gasteiger partial charge >= 0.3 is 0 Å². The Labute approximate surface area is 116 Å². The summed E-state index contributed by atoms with van der Waals surface area (Å²) < 4.78 is 0. The van der Waals surface area contributed by atoms with Crippen molar-refractivity contribution in [2.75, 3.05) is 0 Å². The van der Waals surface area contributed by atoms with Crippen LogP contribution in [-0.2, 0) is 0 Å². The molecule has 0 aromatic heterocycles. The first-order valence-electron chi connectivity index (χ1n) is 8.40. The third kappa shape index (κ3) is 3.52. The van der Waals surface area contributed by atoms with Crippen molar-refractivity contribution >= 4 is 0 Å². The lowest BCUT2D eigenvalue weighted by Crippen LogP contribution is -2.36. The highest BCUT2D eigenvalue weighted by atomic mass is 14.4. The van der Waals surface area contributed by atoms with Crippen LogP contribution in [0.4, 0.5) is 0 Å². The van der Waals surface area contributed by atoms with Gasteiger partial charge in [-0.3, -0.25) is 0 Å². The molecular weight excluding hydrogens is 216 g/mol. The molecule has 0 saturated heterocycles. The smallest absolute Gasteiger partial charge is 0.0332 e. The third-order valence-electron chi connectivity index (χ3n) is 6.28. The van der Waals surface area contributed by atoms with Gasteiger partial charge in [-0.15, -0.1) is 0 Å². The second-order valence-electron chi connectivity index (χ2n) is 7.48. The van der Waals surface area contributed by atoms with Crippen molar-refractivity contribution in [1.82, 2.24) is 0 Å². The molecule has 0 nitrogen and oxygen atoms in total. The Morgan fingerprint density at radius 2 is 1.56 bits per heavy atom. The van der Waals surface area contributed by atoms with Crippen molar-refractivity contribution in [2.24, 2.45) is 41.4 Å². The summed E-state index contributed by atoms with van der Waals surface area (Å²) in [5, 5.41) is 0. The molecule has 0 heterocycles. The van der Waals surface area contributed by atoms with E-state index in [0.29, 0.717) is 0 Å². The fourth-order valence-electron chi connectivity index (χ4n) is 4.41. The van der Waals surface area contributed by atoms with Crippen molar-refractivity contribution in [1.29, 1.82) is 0 Å². The zero-order valence-corrected chi connectivity index (χ0v) is 13.9. The molecule has 0 aromatic carbocycles. The van der Waals surface area contributed by atoms with Crippen LogP contribution >= 0.6 is 0 Å². The summed E-state index contributed by atoms with van der Waals surface area (Å²) in [6.45, 7) is 17.2. The van der Waals surface area contributed by atoms with Crippen LogP contribution in [0.15, 0.2) is 0 Å². The van der Waals surface area contributed by atoms with Crippen LogP contribution in [0.25, 0.3) is 0 Å². The fraction of sp³-hybridized carbons (Fsp3) is 1.00. The molecule has 0 N–H and O–H groups in total. The highest BCUT2D eigenvalue weighted by molar-refractivity contribution is 4.86. The molecule has 108 valence electrons. The molecule has 18 heavy (non-hydrogen) atoms. The van der Waals surface area contributed by atoms with Gasteiger partial charge in [-0.25, -0.2) is 0 Å². The van der Waals surface area contributed by atoms with E-state index in [9.17, 15) is 0 Å². The van der Waals surface area contributed by atoms with Crippen LogP contribution in [0.3, 0.4) is 0 Å². The van der Waals surface area contributed by atoms with Crippen LogP contribution < -0.4 is 0 Å². The highest BCUT2D eigenvalue weighted by Gasteiger charge is 2.37. The topological polar surface area (TPSA) is 0 Å². The Balaban J connectivity index is 2.75. The summed E-state index contributed by atoms with van der Waals surface area (Å²) in [6.07, 6.45) is 5.81. The molecule has 0 aromatic rings. The normalized spacial score (nSPS) is 34.3. The minimum Gasteiger partial charge on any atom is -0.0651 e. The second-order valence-corrected chi connectivity index (χ2v) is 7.48. The maximum atomic E-state index is 2.54. The fourth-order valence-corrected chi connectivity index (χ4v) is 4.41. The highest BCUT2D eigenvalue weighted by Crippen LogP contribution is 2.45. The minimum absolute atomic E-state index is 0.821. The van der Waals surface area contributed by atoms with Gasteiger partial charge in [-0.1, -0.05) is 74.1 Å². The van der Waals surface area contributed by atoms with Gasteiger partial charge in [0.1, 0.15) is 0 Å². The first kappa shape index (κ1) is 16.1. The molecule has 0 radical (unpaired) electrons. The van der Waals surface area contributed by atoms with Gasteiger partial charge in [-0.2, -0.15) is 0 Å². The third-order valence-corrected chi connectivity index (χ3v) is 6.28. The van der Waals surface area contributed by atoms with Gasteiger partial charge in [0.25, 0.3) is 0 Å². The summed E-state index contributed by atoms with van der Waals surface area (Å²) in [4.78, 5) is 0. The summed E-state index contributed by atoms with van der Waals surface area (Å²) in [6, 6.07) is 0. The van der Waals surface area contributed by atoms with E-state index in [-0.39, 0.29) is 0 Å². The van der Waals surface area contributed by atoms with Crippen molar-refractivity contribution in [3.05, 3.63) is 0 Å². The molecular formula is C18H36. The van der Waals surface area contributed by atoms with E-state index in [0.717, 1.165) is 41.4 Å². The Kier molecular flexibility index (Phi) is 6.21. The van der Waals surface area contributed by atoms with E-state index in [4.69, 9.17) is 0 Å². The molecule has 0 amide bonds. The Bertz CT molecular complexity index is 230. The largest absolute Gasteiger partial charge is 0.0651 e. The van der Waals surface area contributed by atoms with Crippen molar-refractivity contribution in [2.45, 2.75) is 74.1 Å². The number of rotatable bonds is 5. The molecule has 0 heteroatoms. The predicted octanol–water partition coefficient (Wildman–Crippen LogP) is 6.01. The number of hydrogen-bond acceptors (Lipinski definition) is 0. The lowest BCUT2D eigenvalue weighted by molar-refractivity contribution is 0.0534. The molecule has 1 saturated carbocycles. The monoisotopic (exact) mass is 252 g/mol. The Morgan fingerprint density at radius 3 is 2.06 bits per heavy atom. The first-order valence-corrected chi connectivity index (χ1v) is 8.40. The zero-order valence-electron chi connectivity index (χ0n) is 13.9. The van der Waals surface area contributed by atoms with E-state index < -0.39 is 0 Å². The molecule has 1 aliphatic rings. The van der Waals surface area contributed by atoms with Crippen LogP contribution in [-0.4, -0.2) is 0 Å². The van der Waals surface area contributed by atoms with Gasteiger partial charge < -0.3 is 0 Å². The van der Waals surface area contributed by atoms with Gasteiger partial charge in [-0.05, 0) is 41.4 Å². The molecule has 0 spiro atoms. The lowest BCUT2D eigenvalue weighted by atomic mass is 9.61. The summed E-state index contributed by atoms with van der Waals surface area (Å²) in [7, 11) is 0. The Hall–Kier alpha value is 0. The average molecular weight is 252 g/mol. The quantitative estimate of drug-likeness (QED) is 0.562. The van der Waals surface area contributed by atoms with E-state index in [1.54, 1.807) is 0 Å². The first-order chi connectivity index (χ1) is 8.40. The maximum absolute atomic E-state index is 2.54. The van der Waals surface area contributed by atoms with Crippen molar-refractivity contribution in [3.8, 4) is 0 Å². The standard InChI is InChI=1S/C18H36/c1-8-17-11-9-10-13(4)18(17)16(7)15(6)14(5)12(2)3/h12-18H,8-11H2,1-7H3. The SMILES string of the molecule is CCC1CCCC(C)C1C(C)C(C)C(C)C(C)C. The molecule has 1 aliphatic carbocycles. The van der Waals surface area contributed by atoms with E-state index in [1.165, 1.54) is 25.7 Å². The molecule has 6 atom stereocenters. The summed E-state index contributed by atoms with van der Waals surface area (Å²) in [5.74, 6) is 6.34. The van der Waals surface area contributed by atoms with E-state index in [2.05, 4.69) is 48.5 Å². The molecule has 0 aliphatic heterocycles. The molecule has 6 unspecified atom stereocenters.